The standard InChI is InChI=1S/C16H15Cl2NO/c1-9-2-5-15-12(6-9)14(19)8-16(20-15)11-4-3-10(17)7-13(11)18/h2-7,14,16H,8,19H2,1H3/t14-,16?/m0/s1. The molecule has 0 aliphatic carbocycles. The van der Waals surface area contributed by atoms with Crippen molar-refractivity contribution in [3.05, 3.63) is 63.1 Å². The number of rotatable bonds is 1. The molecule has 2 aromatic carbocycles. The molecule has 1 heterocycles. The molecule has 2 nitrogen and oxygen atoms in total. The fraction of sp³-hybridized carbons (Fsp3) is 0.250. The van der Waals surface area contributed by atoms with Gasteiger partial charge in [0, 0.05) is 33.6 Å². The summed E-state index contributed by atoms with van der Waals surface area (Å²) in [6, 6.07) is 11.5. The Labute approximate surface area is 128 Å². The van der Waals surface area contributed by atoms with Crippen LogP contribution in [0.2, 0.25) is 10.0 Å². The summed E-state index contributed by atoms with van der Waals surface area (Å²) in [6.45, 7) is 2.05. The number of aryl methyl sites for hydroxylation is 1. The third-order valence-corrected chi connectivity index (χ3v) is 4.17. The predicted octanol–water partition coefficient (Wildman–Crippen LogP) is 4.83. The van der Waals surface area contributed by atoms with Gasteiger partial charge in [-0.05, 0) is 25.1 Å². The molecule has 0 saturated heterocycles. The van der Waals surface area contributed by atoms with E-state index in [0.29, 0.717) is 16.5 Å². The molecule has 0 radical (unpaired) electrons. The first kappa shape index (κ1) is 13.7. The van der Waals surface area contributed by atoms with Gasteiger partial charge in [0.15, 0.2) is 0 Å². The normalized spacial score (nSPS) is 21.2. The second kappa shape index (κ2) is 5.28. The molecule has 104 valence electrons. The van der Waals surface area contributed by atoms with Crippen LogP contribution in [-0.2, 0) is 0 Å². The number of ether oxygens (including phenoxy) is 1. The topological polar surface area (TPSA) is 35.2 Å². The number of hydrogen-bond donors (Lipinski definition) is 1. The summed E-state index contributed by atoms with van der Waals surface area (Å²) in [5, 5.41) is 1.24. The second-order valence-electron chi connectivity index (χ2n) is 5.16. The van der Waals surface area contributed by atoms with Crippen molar-refractivity contribution in [2.75, 3.05) is 0 Å². The smallest absolute Gasteiger partial charge is 0.127 e. The first-order valence-electron chi connectivity index (χ1n) is 6.52. The molecule has 1 aliphatic rings. The Hall–Kier alpha value is -1.22. The highest BCUT2D eigenvalue weighted by Gasteiger charge is 2.28. The maximum atomic E-state index is 6.27. The van der Waals surface area contributed by atoms with Crippen LogP contribution in [0.25, 0.3) is 0 Å². The molecule has 1 unspecified atom stereocenters. The maximum Gasteiger partial charge on any atom is 0.127 e. The largest absolute Gasteiger partial charge is 0.485 e. The van der Waals surface area contributed by atoms with Gasteiger partial charge in [0.1, 0.15) is 11.9 Å². The summed E-state index contributed by atoms with van der Waals surface area (Å²) in [6.07, 6.45) is 0.572. The molecule has 0 saturated carbocycles. The van der Waals surface area contributed by atoms with E-state index in [4.69, 9.17) is 33.7 Å². The van der Waals surface area contributed by atoms with Gasteiger partial charge in [-0.3, -0.25) is 0 Å². The minimum absolute atomic E-state index is 0.0459. The van der Waals surface area contributed by atoms with Gasteiger partial charge in [-0.25, -0.2) is 0 Å². The molecule has 2 aromatic rings. The zero-order valence-corrected chi connectivity index (χ0v) is 12.6. The van der Waals surface area contributed by atoms with Gasteiger partial charge in [-0.1, -0.05) is 47.0 Å². The van der Waals surface area contributed by atoms with Crippen LogP contribution in [-0.4, -0.2) is 0 Å². The fourth-order valence-corrected chi connectivity index (χ4v) is 3.11. The molecule has 0 bridgehead atoms. The van der Waals surface area contributed by atoms with Crippen LogP contribution < -0.4 is 10.5 Å². The van der Waals surface area contributed by atoms with E-state index in [2.05, 4.69) is 13.0 Å². The van der Waals surface area contributed by atoms with Crippen molar-refractivity contribution in [1.82, 2.24) is 0 Å². The van der Waals surface area contributed by atoms with Crippen molar-refractivity contribution < 1.29 is 4.74 Å². The molecular weight excluding hydrogens is 293 g/mol. The second-order valence-corrected chi connectivity index (χ2v) is 6.00. The lowest BCUT2D eigenvalue weighted by molar-refractivity contribution is 0.161. The van der Waals surface area contributed by atoms with E-state index in [0.717, 1.165) is 16.9 Å². The van der Waals surface area contributed by atoms with Crippen LogP contribution in [0.1, 0.15) is 35.3 Å². The van der Waals surface area contributed by atoms with Crippen molar-refractivity contribution >= 4 is 23.2 Å². The third-order valence-electron chi connectivity index (χ3n) is 3.61. The molecule has 20 heavy (non-hydrogen) atoms. The molecule has 3 rings (SSSR count). The lowest BCUT2D eigenvalue weighted by Gasteiger charge is -2.31. The van der Waals surface area contributed by atoms with E-state index in [9.17, 15) is 0 Å². The van der Waals surface area contributed by atoms with E-state index >= 15 is 0 Å². The van der Waals surface area contributed by atoms with Gasteiger partial charge in [0.2, 0.25) is 0 Å². The molecule has 4 heteroatoms. The van der Waals surface area contributed by atoms with Crippen molar-refractivity contribution in [2.45, 2.75) is 25.5 Å². The van der Waals surface area contributed by atoms with E-state index in [1.807, 2.05) is 24.3 Å². The monoisotopic (exact) mass is 307 g/mol. The van der Waals surface area contributed by atoms with Crippen LogP contribution >= 0.6 is 23.2 Å². The van der Waals surface area contributed by atoms with Gasteiger partial charge in [0.05, 0.1) is 0 Å². The van der Waals surface area contributed by atoms with Crippen molar-refractivity contribution in [2.24, 2.45) is 5.73 Å². The minimum atomic E-state index is -0.134. The zero-order valence-electron chi connectivity index (χ0n) is 11.1. The summed E-state index contributed by atoms with van der Waals surface area (Å²) < 4.78 is 6.06. The van der Waals surface area contributed by atoms with Gasteiger partial charge in [-0.2, -0.15) is 0 Å². The van der Waals surface area contributed by atoms with Crippen molar-refractivity contribution in [1.29, 1.82) is 0 Å². The molecule has 0 fully saturated rings. The Morgan fingerprint density at radius 2 is 1.90 bits per heavy atom. The molecule has 1 aliphatic heterocycles. The lowest BCUT2D eigenvalue weighted by atomic mass is 9.92. The number of nitrogens with two attached hydrogens (primary N) is 1. The van der Waals surface area contributed by atoms with Gasteiger partial charge in [-0.15, -0.1) is 0 Å². The predicted molar refractivity (Wildman–Crippen MR) is 82.6 cm³/mol. The average molecular weight is 308 g/mol. The highest BCUT2D eigenvalue weighted by molar-refractivity contribution is 6.35. The number of benzene rings is 2. The Morgan fingerprint density at radius 1 is 1.10 bits per heavy atom. The van der Waals surface area contributed by atoms with Crippen LogP contribution in [0.3, 0.4) is 0 Å². The molecular formula is C16H15Cl2NO. The summed E-state index contributed by atoms with van der Waals surface area (Å²) in [5.41, 5.74) is 9.45. The van der Waals surface area contributed by atoms with Crippen LogP contribution in [0, 0.1) is 6.92 Å². The Morgan fingerprint density at radius 3 is 2.65 bits per heavy atom. The summed E-state index contributed by atoms with van der Waals surface area (Å²) in [5.74, 6) is 0.838. The Balaban J connectivity index is 1.97. The summed E-state index contributed by atoms with van der Waals surface area (Å²) >= 11 is 12.2. The molecule has 0 spiro atoms. The Bertz CT molecular complexity index is 657. The first-order valence-corrected chi connectivity index (χ1v) is 7.28. The molecule has 2 atom stereocenters. The fourth-order valence-electron chi connectivity index (χ4n) is 2.58. The Kier molecular flexibility index (Phi) is 3.63. The maximum absolute atomic E-state index is 6.27. The average Bonchev–Trinajstić information content (AvgIpc) is 2.39. The van der Waals surface area contributed by atoms with Crippen LogP contribution in [0.4, 0.5) is 0 Å². The highest BCUT2D eigenvalue weighted by Crippen LogP contribution is 2.42. The SMILES string of the molecule is Cc1ccc2c(c1)[C@@H](N)CC(c1ccc(Cl)cc1Cl)O2. The van der Waals surface area contributed by atoms with Crippen LogP contribution in [0.5, 0.6) is 5.75 Å². The molecule has 0 amide bonds. The molecule has 0 aromatic heterocycles. The van der Waals surface area contributed by atoms with E-state index < -0.39 is 0 Å². The van der Waals surface area contributed by atoms with Crippen molar-refractivity contribution in [3.8, 4) is 5.75 Å². The quantitative estimate of drug-likeness (QED) is 0.819. The minimum Gasteiger partial charge on any atom is -0.485 e. The molecule has 2 N–H and O–H groups in total. The zero-order chi connectivity index (χ0) is 14.3. The first-order chi connectivity index (χ1) is 9.54. The number of halogens is 2. The van der Waals surface area contributed by atoms with E-state index in [-0.39, 0.29) is 12.1 Å². The third kappa shape index (κ3) is 2.51. The summed E-state index contributed by atoms with van der Waals surface area (Å²) in [4.78, 5) is 0. The lowest BCUT2D eigenvalue weighted by Crippen LogP contribution is -2.24. The van der Waals surface area contributed by atoms with E-state index in [1.165, 1.54) is 5.56 Å². The number of fused-ring (bicyclic) bond motifs is 1. The van der Waals surface area contributed by atoms with Gasteiger partial charge >= 0.3 is 0 Å². The van der Waals surface area contributed by atoms with Gasteiger partial charge in [0.25, 0.3) is 0 Å². The summed E-state index contributed by atoms with van der Waals surface area (Å²) in [7, 11) is 0. The van der Waals surface area contributed by atoms with E-state index in [1.54, 1.807) is 6.07 Å². The van der Waals surface area contributed by atoms with Crippen molar-refractivity contribution in [3.63, 3.8) is 0 Å². The highest BCUT2D eigenvalue weighted by atomic mass is 35.5. The van der Waals surface area contributed by atoms with Crippen LogP contribution in [0.15, 0.2) is 36.4 Å². The number of hydrogen-bond acceptors (Lipinski definition) is 2. The van der Waals surface area contributed by atoms with Gasteiger partial charge < -0.3 is 10.5 Å².